The number of ether oxygens (including phenoxy) is 5. The average Bonchev–Trinajstić information content (AvgIpc) is 3.24. The Morgan fingerprint density at radius 1 is 1.17 bits per heavy atom. The molecule has 1 aromatic rings. The Bertz CT molecular complexity index is 898. The molecular weight excluding hydrogens is 486 g/mol. The zero-order chi connectivity index (χ0) is 25.6. The van der Waals surface area contributed by atoms with Crippen LogP contribution in [0.5, 0.6) is 11.5 Å². The number of carbonyl (C=O) groups excluding carboxylic acids is 1. The van der Waals surface area contributed by atoms with Gasteiger partial charge in [-0.2, -0.15) is 0 Å². The molecule has 0 aromatic heterocycles. The first-order valence-corrected chi connectivity index (χ1v) is 12.0. The minimum Gasteiger partial charge on any atom is -0.507 e. The summed E-state index contributed by atoms with van der Waals surface area (Å²) in [6.07, 6.45) is -7.74. The van der Waals surface area contributed by atoms with Gasteiger partial charge in [-0.1, -0.05) is 0 Å². The van der Waals surface area contributed by atoms with Crippen molar-refractivity contribution in [3.63, 3.8) is 0 Å². The van der Waals surface area contributed by atoms with Gasteiger partial charge in [-0.25, -0.2) is 4.79 Å². The van der Waals surface area contributed by atoms with Crippen LogP contribution in [0, 0.1) is 0 Å². The summed E-state index contributed by atoms with van der Waals surface area (Å²) in [5.41, 5.74) is -0.956. The Labute approximate surface area is 206 Å². The van der Waals surface area contributed by atoms with Crippen LogP contribution in [0.2, 0.25) is 0 Å². The van der Waals surface area contributed by atoms with E-state index in [0.717, 1.165) is 0 Å². The number of aliphatic imine (C=N–C) groups is 1. The number of phenolic OH excluding ortho intramolecular Hbond substituents is 1. The smallest absolute Gasteiger partial charge is 0.337 e. The van der Waals surface area contributed by atoms with Crippen molar-refractivity contribution < 1.29 is 54.0 Å². The maximum absolute atomic E-state index is 12.8. The van der Waals surface area contributed by atoms with Gasteiger partial charge < -0.3 is 49.2 Å². The molecule has 0 radical (unpaired) electrons. The Balaban J connectivity index is 1.61. The van der Waals surface area contributed by atoms with E-state index in [-0.39, 0.29) is 11.5 Å². The molecule has 0 bridgehead atoms. The standard InChI is InChI=1S/C22H31NO11S/c1-22(21(29)34-20-18(28)17(27)16(26)15(10-24)33-20)11-35-19(23-22)13-4-3-12(9-14(13)25)32-8-7-31-6-5-30-2/h3-4,9,15-18,20,24-28H,5-8,10-11H2,1-2H3. The van der Waals surface area contributed by atoms with Crippen LogP contribution in [0.15, 0.2) is 23.2 Å². The predicted octanol–water partition coefficient (Wildman–Crippen LogP) is -0.971. The molecule has 0 spiro atoms. The van der Waals surface area contributed by atoms with E-state index in [2.05, 4.69) is 4.99 Å². The highest BCUT2D eigenvalue weighted by Crippen LogP contribution is 2.36. The molecule has 1 saturated heterocycles. The summed E-state index contributed by atoms with van der Waals surface area (Å²) in [4.78, 5) is 17.3. The SMILES string of the molecule is COCCOCCOc1ccc(C2=NC(C)(C(=O)OC3OC(CO)C(O)C(O)C3O)CS2)c(O)c1. The third-order valence-corrected chi connectivity index (χ3v) is 6.77. The molecule has 35 heavy (non-hydrogen) atoms. The lowest BCUT2D eigenvalue weighted by molar-refractivity contribution is -0.293. The van der Waals surface area contributed by atoms with Crippen LogP contribution in [0.3, 0.4) is 0 Å². The number of phenols is 1. The number of methoxy groups -OCH3 is 1. The lowest BCUT2D eigenvalue weighted by Crippen LogP contribution is -2.60. The number of rotatable bonds is 11. The Hall–Kier alpha value is -1.97. The monoisotopic (exact) mass is 517 g/mol. The largest absolute Gasteiger partial charge is 0.507 e. The molecule has 0 saturated carbocycles. The first-order chi connectivity index (χ1) is 16.7. The summed E-state index contributed by atoms with van der Waals surface area (Å²) in [5, 5.41) is 50.0. The van der Waals surface area contributed by atoms with Gasteiger partial charge in [-0.3, -0.25) is 4.99 Å². The highest BCUT2D eigenvalue weighted by molar-refractivity contribution is 8.14. The van der Waals surface area contributed by atoms with Crippen LogP contribution in [0.25, 0.3) is 0 Å². The van der Waals surface area contributed by atoms with Crippen molar-refractivity contribution in [2.45, 2.75) is 43.2 Å². The number of hydrogen-bond acceptors (Lipinski definition) is 13. The third-order valence-electron chi connectivity index (χ3n) is 5.48. The van der Waals surface area contributed by atoms with E-state index in [4.69, 9.17) is 23.7 Å². The zero-order valence-electron chi connectivity index (χ0n) is 19.4. The summed E-state index contributed by atoms with van der Waals surface area (Å²) < 4.78 is 26.2. The number of aliphatic hydroxyl groups is 4. The van der Waals surface area contributed by atoms with Crippen LogP contribution in [0.1, 0.15) is 12.5 Å². The molecule has 0 aliphatic carbocycles. The molecule has 196 valence electrons. The molecule has 0 amide bonds. The molecule has 1 fully saturated rings. The Kier molecular flexibility index (Phi) is 9.72. The molecule has 6 atom stereocenters. The second-order valence-corrected chi connectivity index (χ2v) is 9.18. The number of thioether (sulfide) groups is 1. The van der Waals surface area contributed by atoms with Crippen molar-refractivity contribution in [1.82, 2.24) is 0 Å². The first-order valence-electron chi connectivity index (χ1n) is 11.0. The maximum Gasteiger partial charge on any atom is 0.337 e. The number of aromatic hydroxyl groups is 1. The summed E-state index contributed by atoms with van der Waals surface area (Å²) in [5.74, 6) is -0.289. The van der Waals surface area contributed by atoms with E-state index in [1.54, 1.807) is 19.2 Å². The van der Waals surface area contributed by atoms with Crippen LogP contribution in [-0.4, -0.2) is 119 Å². The van der Waals surface area contributed by atoms with Gasteiger partial charge in [0.25, 0.3) is 0 Å². The van der Waals surface area contributed by atoms with Crippen molar-refractivity contribution >= 4 is 22.8 Å². The van der Waals surface area contributed by atoms with Gasteiger partial charge in [-0.05, 0) is 19.1 Å². The van der Waals surface area contributed by atoms with E-state index in [0.29, 0.717) is 42.8 Å². The quantitative estimate of drug-likeness (QED) is 0.180. The number of esters is 1. The van der Waals surface area contributed by atoms with Gasteiger partial charge in [0.2, 0.25) is 6.29 Å². The predicted molar refractivity (Wildman–Crippen MR) is 124 cm³/mol. The highest BCUT2D eigenvalue weighted by Gasteiger charge is 2.48. The number of aliphatic hydroxyl groups excluding tert-OH is 4. The van der Waals surface area contributed by atoms with Gasteiger partial charge >= 0.3 is 5.97 Å². The fourth-order valence-corrected chi connectivity index (χ4v) is 4.58. The van der Waals surface area contributed by atoms with Crippen molar-refractivity contribution in [3.8, 4) is 11.5 Å². The van der Waals surface area contributed by atoms with E-state index in [1.165, 1.54) is 24.8 Å². The van der Waals surface area contributed by atoms with Crippen LogP contribution in [-0.2, 0) is 23.7 Å². The second kappa shape index (κ2) is 12.3. The minimum atomic E-state index is -1.71. The Morgan fingerprint density at radius 3 is 2.60 bits per heavy atom. The van der Waals surface area contributed by atoms with Gasteiger partial charge in [0.15, 0.2) is 5.54 Å². The molecule has 5 N–H and O–H groups in total. The molecule has 6 unspecified atom stereocenters. The Morgan fingerprint density at radius 2 is 1.91 bits per heavy atom. The van der Waals surface area contributed by atoms with E-state index in [1.807, 2.05) is 0 Å². The molecule has 2 heterocycles. The average molecular weight is 518 g/mol. The van der Waals surface area contributed by atoms with Gasteiger partial charge in [0.05, 0.1) is 26.4 Å². The van der Waals surface area contributed by atoms with Crippen LogP contribution in [0.4, 0.5) is 0 Å². The number of benzene rings is 1. The van der Waals surface area contributed by atoms with Crippen molar-refractivity contribution in [2.75, 3.05) is 45.9 Å². The zero-order valence-corrected chi connectivity index (χ0v) is 20.2. The maximum atomic E-state index is 12.8. The van der Waals surface area contributed by atoms with Crippen LogP contribution < -0.4 is 4.74 Å². The van der Waals surface area contributed by atoms with Crippen LogP contribution >= 0.6 is 11.8 Å². The van der Waals surface area contributed by atoms with Crippen molar-refractivity contribution in [1.29, 1.82) is 0 Å². The molecular formula is C22H31NO11S. The van der Waals surface area contributed by atoms with Gasteiger partial charge in [-0.15, -0.1) is 11.8 Å². The number of carbonyl (C=O) groups is 1. The highest BCUT2D eigenvalue weighted by atomic mass is 32.2. The third kappa shape index (κ3) is 6.62. The molecule has 1 aromatic carbocycles. The lowest BCUT2D eigenvalue weighted by Gasteiger charge is -2.39. The fraction of sp³-hybridized carbons (Fsp3) is 0.636. The molecule has 13 heteroatoms. The van der Waals surface area contributed by atoms with Gasteiger partial charge in [0.1, 0.15) is 47.6 Å². The molecule has 3 rings (SSSR count). The molecule has 2 aliphatic heterocycles. The van der Waals surface area contributed by atoms with Gasteiger partial charge in [0, 0.05) is 24.5 Å². The molecule has 12 nitrogen and oxygen atoms in total. The normalized spacial score (nSPS) is 30.7. The summed E-state index contributed by atoms with van der Waals surface area (Å²) >= 11 is 1.23. The summed E-state index contributed by atoms with van der Waals surface area (Å²) in [6, 6.07) is 4.72. The van der Waals surface area contributed by atoms with E-state index < -0.39 is 48.8 Å². The summed E-state index contributed by atoms with van der Waals surface area (Å²) in [7, 11) is 1.59. The first kappa shape index (κ1) is 27.6. The number of hydrogen-bond donors (Lipinski definition) is 5. The fourth-order valence-electron chi connectivity index (χ4n) is 3.38. The lowest BCUT2D eigenvalue weighted by atomic mass is 9.99. The topological polar surface area (TPSA) is 177 Å². The van der Waals surface area contributed by atoms with E-state index in [9.17, 15) is 30.3 Å². The summed E-state index contributed by atoms with van der Waals surface area (Å²) in [6.45, 7) is 2.48. The minimum absolute atomic E-state index is 0.0828. The van der Waals surface area contributed by atoms with Crippen molar-refractivity contribution in [3.05, 3.63) is 23.8 Å². The number of nitrogens with zero attached hydrogens (tertiary/aromatic N) is 1. The second-order valence-electron chi connectivity index (χ2n) is 8.21. The molecule has 2 aliphatic rings. The van der Waals surface area contributed by atoms with E-state index >= 15 is 0 Å². The van der Waals surface area contributed by atoms with Crippen molar-refractivity contribution in [2.24, 2.45) is 4.99 Å².